The van der Waals surface area contributed by atoms with Gasteiger partial charge in [0, 0.05) is 32.7 Å². The lowest BCUT2D eigenvalue weighted by Gasteiger charge is -2.34. The van der Waals surface area contributed by atoms with Gasteiger partial charge in [-0.1, -0.05) is 30.3 Å². The molecule has 0 bridgehead atoms. The SMILES string of the molecule is Cc1ccccc1CNC(=O)CN1CCN(C(=O)c2cccs2)CC1. The Bertz CT molecular complexity index is 722. The smallest absolute Gasteiger partial charge is 0.264 e. The second kappa shape index (κ2) is 8.27. The molecule has 2 aromatic rings. The molecule has 1 aliphatic rings. The van der Waals surface area contributed by atoms with Crippen LogP contribution < -0.4 is 5.32 Å². The monoisotopic (exact) mass is 357 g/mol. The highest BCUT2D eigenvalue weighted by atomic mass is 32.1. The molecule has 0 aliphatic carbocycles. The molecule has 0 radical (unpaired) electrons. The molecule has 3 rings (SSSR count). The normalized spacial score (nSPS) is 15.2. The second-order valence-corrected chi connectivity index (χ2v) is 7.20. The quantitative estimate of drug-likeness (QED) is 0.892. The highest BCUT2D eigenvalue weighted by Crippen LogP contribution is 2.13. The lowest BCUT2D eigenvalue weighted by Crippen LogP contribution is -2.51. The fourth-order valence-electron chi connectivity index (χ4n) is 2.93. The Labute approximate surface area is 152 Å². The minimum absolute atomic E-state index is 0.0290. The van der Waals surface area contributed by atoms with Crippen molar-refractivity contribution < 1.29 is 9.59 Å². The molecule has 0 atom stereocenters. The van der Waals surface area contributed by atoms with Crippen LogP contribution in [0.4, 0.5) is 0 Å². The summed E-state index contributed by atoms with van der Waals surface area (Å²) < 4.78 is 0. The van der Waals surface area contributed by atoms with E-state index in [2.05, 4.69) is 10.2 Å². The average molecular weight is 357 g/mol. The minimum atomic E-state index is 0.0290. The maximum Gasteiger partial charge on any atom is 0.264 e. The van der Waals surface area contributed by atoms with Crippen molar-refractivity contribution in [1.29, 1.82) is 0 Å². The number of rotatable bonds is 5. The number of nitrogens with zero attached hydrogens (tertiary/aromatic N) is 2. The zero-order valence-corrected chi connectivity index (χ0v) is 15.2. The number of piperazine rings is 1. The lowest BCUT2D eigenvalue weighted by molar-refractivity contribution is -0.122. The Hall–Kier alpha value is -2.18. The van der Waals surface area contributed by atoms with E-state index in [9.17, 15) is 9.59 Å². The van der Waals surface area contributed by atoms with Crippen LogP contribution in [0.15, 0.2) is 41.8 Å². The van der Waals surface area contributed by atoms with Crippen molar-refractivity contribution in [2.75, 3.05) is 32.7 Å². The molecule has 2 amide bonds. The zero-order valence-electron chi connectivity index (χ0n) is 14.4. The Balaban J connectivity index is 1.42. The summed E-state index contributed by atoms with van der Waals surface area (Å²) in [4.78, 5) is 29.2. The van der Waals surface area contributed by atoms with Crippen molar-refractivity contribution >= 4 is 23.2 Å². The minimum Gasteiger partial charge on any atom is -0.351 e. The topological polar surface area (TPSA) is 52.7 Å². The summed E-state index contributed by atoms with van der Waals surface area (Å²) in [7, 11) is 0. The van der Waals surface area contributed by atoms with Crippen molar-refractivity contribution in [3.8, 4) is 0 Å². The molecule has 0 saturated carbocycles. The summed E-state index contributed by atoms with van der Waals surface area (Å²) in [6, 6.07) is 11.8. The first kappa shape index (κ1) is 17.6. The maximum atomic E-state index is 12.3. The van der Waals surface area contributed by atoms with Crippen LogP contribution in [0.25, 0.3) is 0 Å². The number of thiophene rings is 1. The van der Waals surface area contributed by atoms with Crippen molar-refractivity contribution in [2.24, 2.45) is 0 Å². The number of benzene rings is 1. The van der Waals surface area contributed by atoms with Crippen LogP contribution in [0.5, 0.6) is 0 Å². The summed E-state index contributed by atoms with van der Waals surface area (Å²) in [6.45, 7) is 5.79. The first-order valence-corrected chi connectivity index (χ1v) is 9.38. The number of amides is 2. The molecule has 25 heavy (non-hydrogen) atoms. The second-order valence-electron chi connectivity index (χ2n) is 6.25. The van der Waals surface area contributed by atoms with Crippen LogP contribution in [0.2, 0.25) is 0 Å². The van der Waals surface area contributed by atoms with Gasteiger partial charge in [0.2, 0.25) is 5.91 Å². The van der Waals surface area contributed by atoms with Crippen LogP contribution in [0.1, 0.15) is 20.8 Å². The van der Waals surface area contributed by atoms with Crippen LogP contribution in [0.3, 0.4) is 0 Å². The van der Waals surface area contributed by atoms with E-state index in [0.29, 0.717) is 26.2 Å². The van der Waals surface area contributed by atoms with Gasteiger partial charge >= 0.3 is 0 Å². The van der Waals surface area contributed by atoms with Crippen molar-refractivity contribution in [1.82, 2.24) is 15.1 Å². The fraction of sp³-hybridized carbons (Fsp3) is 0.368. The number of aryl methyl sites for hydroxylation is 1. The van der Waals surface area contributed by atoms with E-state index in [1.165, 1.54) is 16.9 Å². The largest absolute Gasteiger partial charge is 0.351 e. The summed E-state index contributed by atoms with van der Waals surface area (Å²) in [5.41, 5.74) is 2.32. The fourth-order valence-corrected chi connectivity index (χ4v) is 3.62. The molecule has 1 aromatic heterocycles. The number of hydrogen-bond donors (Lipinski definition) is 1. The van der Waals surface area contributed by atoms with Gasteiger partial charge in [0.25, 0.3) is 5.91 Å². The number of carbonyl (C=O) groups excluding carboxylic acids is 2. The van der Waals surface area contributed by atoms with E-state index >= 15 is 0 Å². The van der Waals surface area contributed by atoms with Crippen LogP contribution >= 0.6 is 11.3 Å². The predicted molar refractivity (Wildman–Crippen MR) is 99.7 cm³/mol. The third-order valence-electron chi connectivity index (χ3n) is 4.50. The van der Waals surface area contributed by atoms with E-state index in [4.69, 9.17) is 0 Å². The molecular formula is C19H23N3O2S. The molecule has 6 heteroatoms. The third-order valence-corrected chi connectivity index (χ3v) is 5.35. The van der Waals surface area contributed by atoms with Gasteiger partial charge in [-0.2, -0.15) is 0 Å². The van der Waals surface area contributed by atoms with Gasteiger partial charge in [-0.15, -0.1) is 11.3 Å². The first-order valence-electron chi connectivity index (χ1n) is 8.50. The van der Waals surface area contributed by atoms with Crippen LogP contribution in [-0.4, -0.2) is 54.3 Å². The average Bonchev–Trinajstić information content (AvgIpc) is 3.16. The number of hydrogen-bond acceptors (Lipinski definition) is 4. The maximum absolute atomic E-state index is 12.3. The van der Waals surface area contributed by atoms with Gasteiger partial charge in [0.15, 0.2) is 0 Å². The van der Waals surface area contributed by atoms with Gasteiger partial charge in [0.1, 0.15) is 0 Å². The van der Waals surface area contributed by atoms with Crippen LogP contribution in [-0.2, 0) is 11.3 Å². The number of carbonyl (C=O) groups is 2. The highest BCUT2D eigenvalue weighted by Gasteiger charge is 2.23. The summed E-state index contributed by atoms with van der Waals surface area (Å²) in [5.74, 6) is 0.125. The van der Waals surface area contributed by atoms with E-state index in [0.717, 1.165) is 23.5 Å². The highest BCUT2D eigenvalue weighted by molar-refractivity contribution is 7.12. The molecule has 1 fully saturated rings. The Morgan fingerprint density at radius 2 is 1.84 bits per heavy atom. The van der Waals surface area contributed by atoms with Gasteiger partial charge in [-0.05, 0) is 29.5 Å². The van der Waals surface area contributed by atoms with E-state index < -0.39 is 0 Å². The Morgan fingerprint density at radius 3 is 2.52 bits per heavy atom. The molecule has 2 heterocycles. The molecule has 1 aliphatic heterocycles. The van der Waals surface area contributed by atoms with E-state index in [1.54, 1.807) is 0 Å². The van der Waals surface area contributed by atoms with Crippen molar-refractivity contribution in [3.63, 3.8) is 0 Å². The van der Waals surface area contributed by atoms with Crippen molar-refractivity contribution in [2.45, 2.75) is 13.5 Å². The first-order chi connectivity index (χ1) is 12.1. The standard InChI is InChI=1S/C19H23N3O2S/c1-15-5-2-3-6-16(15)13-20-18(23)14-21-8-10-22(11-9-21)19(24)17-7-4-12-25-17/h2-7,12H,8-11,13-14H2,1H3,(H,20,23). The molecule has 132 valence electrons. The third kappa shape index (κ3) is 4.67. The Kier molecular flexibility index (Phi) is 5.83. The van der Waals surface area contributed by atoms with E-state index in [1.807, 2.05) is 53.6 Å². The summed E-state index contributed by atoms with van der Waals surface area (Å²) in [6.07, 6.45) is 0. The molecule has 0 unspecified atom stereocenters. The molecule has 1 aromatic carbocycles. The lowest BCUT2D eigenvalue weighted by atomic mass is 10.1. The van der Waals surface area contributed by atoms with Gasteiger partial charge < -0.3 is 10.2 Å². The van der Waals surface area contributed by atoms with E-state index in [-0.39, 0.29) is 11.8 Å². The molecular weight excluding hydrogens is 334 g/mol. The van der Waals surface area contributed by atoms with Gasteiger partial charge in [-0.3, -0.25) is 14.5 Å². The zero-order chi connectivity index (χ0) is 17.6. The summed E-state index contributed by atoms with van der Waals surface area (Å²) in [5, 5.41) is 4.90. The van der Waals surface area contributed by atoms with Crippen LogP contribution in [0, 0.1) is 6.92 Å². The molecule has 1 saturated heterocycles. The molecule has 1 N–H and O–H groups in total. The van der Waals surface area contributed by atoms with Gasteiger partial charge in [-0.25, -0.2) is 0 Å². The molecule has 5 nitrogen and oxygen atoms in total. The summed E-state index contributed by atoms with van der Waals surface area (Å²) >= 11 is 1.47. The molecule has 0 spiro atoms. The predicted octanol–water partition coefficient (Wildman–Crippen LogP) is 2.13. The van der Waals surface area contributed by atoms with Gasteiger partial charge in [0.05, 0.1) is 11.4 Å². The van der Waals surface area contributed by atoms with Crippen molar-refractivity contribution in [3.05, 3.63) is 57.8 Å². The Morgan fingerprint density at radius 1 is 1.08 bits per heavy atom. The number of nitrogens with one attached hydrogen (secondary N) is 1.